The van der Waals surface area contributed by atoms with Crippen molar-refractivity contribution in [3.63, 3.8) is 0 Å². The van der Waals surface area contributed by atoms with Crippen LogP contribution in [0.5, 0.6) is 0 Å². The Morgan fingerprint density at radius 2 is 2.22 bits per heavy atom. The zero-order valence-corrected chi connectivity index (χ0v) is 10.1. The van der Waals surface area contributed by atoms with Gasteiger partial charge in [-0.3, -0.25) is 4.79 Å². The van der Waals surface area contributed by atoms with E-state index in [2.05, 4.69) is 11.2 Å². The van der Waals surface area contributed by atoms with Crippen LogP contribution in [0.15, 0.2) is 18.2 Å². The first-order chi connectivity index (χ1) is 8.45. The Balaban J connectivity index is 2.86. The number of benzene rings is 1. The number of carbonyl (C=O) groups excluding carboxylic acids is 1. The van der Waals surface area contributed by atoms with Crippen molar-refractivity contribution in [3.8, 4) is 12.3 Å². The molecular weight excluding hydrogens is 256 g/mol. The largest absolute Gasteiger partial charge is 0.478 e. The zero-order valence-electron chi connectivity index (χ0n) is 9.31. The number of nitrogens with two attached hydrogens (primary N) is 1. The van der Waals surface area contributed by atoms with Gasteiger partial charge in [-0.2, -0.15) is 0 Å². The van der Waals surface area contributed by atoms with E-state index in [1.165, 1.54) is 18.2 Å². The molecule has 1 unspecified atom stereocenters. The highest BCUT2D eigenvalue weighted by atomic mass is 35.5. The number of rotatable bonds is 4. The van der Waals surface area contributed by atoms with Crippen molar-refractivity contribution in [3.05, 3.63) is 28.8 Å². The second-order valence-electron chi connectivity index (χ2n) is 3.50. The molecule has 0 saturated heterocycles. The standard InChI is InChI=1S/C12H11ClN2O3/c1-2-3-10(14)11(16)15-7-4-5-9(13)8(6-7)12(17)18/h1,4-6,10H,3,14H2,(H,15,16)(H,17,18). The van der Waals surface area contributed by atoms with E-state index in [-0.39, 0.29) is 17.0 Å². The Bertz CT molecular complexity index is 523. The van der Waals surface area contributed by atoms with Crippen LogP contribution in [-0.2, 0) is 4.79 Å². The SMILES string of the molecule is C#CCC(N)C(=O)Nc1ccc(Cl)c(C(=O)O)c1. The van der Waals surface area contributed by atoms with Crippen molar-refractivity contribution in [2.24, 2.45) is 5.73 Å². The molecule has 0 aliphatic rings. The summed E-state index contributed by atoms with van der Waals surface area (Å²) in [5.74, 6) is 0.615. The average molecular weight is 267 g/mol. The molecule has 0 spiro atoms. The summed E-state index contributed by atoms with van der Waals surface area (Å²) in [6, 6.07) is 3.28. The fourth-order valence-electron chi connectivity index (χ4n) is 1.22. The second-order valence-corrected chi connectivity index (χ2v) is 3.91. The molecule has 0 aromatic heterocycles. The minimum atomic E-state index is -1.18. The van der Waals surface area contributed by atoms with Gasteiger partial charge in [0.15, 0.2) is 0 Å². The van der Waals surface area contributed by atoms with E-state index in [4.69, 9.17) is 28.9 Å². The van der Waals surface area contributed by atoms with E-state index in [9.17, 15) is 9.59 Å². The van der Waals surface area contributed by atoms with Crippen molar-refractivity contribution in [2.45, 2.75) is 12.5 Å². The first-order valence-corrected chi connectivity index (χ1v) is 5.36. The molecule has 1 rings (SSSR count). The molecule has 1 amide bonds. The van der Waals surface area contributed by atoms with Gasteiger partial charge in [-0.05, 0) is 18.2 Å². The Morgan fingerprint density at radius 1 is 1.56 bits per heavy atom. The molecule has 0 bridgehead atoms. The number of hydrogen-bond acceptors (Lipinski definition) is 3. The zero-order chi connectivity index (χ0) is 13.7. The fourth-order valence-corrected chi connectivity index (χ4v) is 1.42. The Labute approximate surface area is 109 Å². The normalized spacial score (nSPS) is 11.4. The lowest BCUT2D eigenvalue weighted by Crippen LogP contribution is -2.35. The van der Waals surface area contributed by atoms with Gasteiger partial charge in [-0.25, -0.2) is 4.79 Å². The van der Waals surface area contributed by atoms with Crippen molar-refractivity contribution in [2.75, 3.05) is 5.32 Å². The summed E-state index contributed by atoms with van der Waals surface area (Å²) >= 11 is 5.70. The van der Waals surface area contributed by atoms with Gasteiger partial charge in [-0.15, -0.1) is 12.3 Å². The van der Waals surface area contributed by atoms with Gasteiger partial charge in [0.1, 0.15) is 0 Å². The van der Waals surface area contributed by atoms with Gasteiger partial charge in [0.25, 0.3) is 0 Å². The van der Waals surface area contributed by atoms with Crippen LogP contribution in [0.25, 0.3) is 0 Å². The van der Waals surface area contributed by atoms with E-state index in [1.807, 2.05) is 0 Å². The maximum absolute atomic E-state index is 11.6. The number of carbonyl (C=O) groups is 2. The maximum Gasteiger partial charge on any atom is 0.337 e. The highest BCUT2D eigenvalue weighted by Gasteiger charge is 2.14. The number of hydrogen-bond donors (Lipinski definition) is 3. The predicted octanol–water partition coefficient (Wildman–Crippen LogP) is 1.33. The van der Waals surface area contributed by atoms with Crippen LogP contribution in [0.2, 0.25) is 5.02 Å². The van der Waals surface area contributed by atoms with E-state index >= 15 is 0 Å². The number of aromatic carboxylic acids is 1. The van der Waals surface area contributed by atoms with Gasteiger partial charge in [0.05, 0.1) is 16.6 Å². The molecule has 94 valence electrons. The molecule has 0 saturated carbocycles. The summed E-state index contributed by atoms with van der Waals surface area (Å²) in [6.07, 6.45) is 5.14. The van der Waals surface area contributed by atoms with E-state index < -0.39 is 17.9 Å². The maximum atomic E-state index is 11.6. The quantitative estimate of drug-likeness (QED) is 0.717. The lowest BCUT2D eigenvalue weighted by Gasteiger charge is -2.10. The molecule has 4 N–H and O–H groups in total. The van der Waals surface area contributed by atoms with Crippen molar-refractivity contribution in [1.29, 1.82) is 0 Å². The summed E-state index contributed by atoms with van der Waals surface area (Å²) in [7, 11) is 0. The molecule has 5 nitrogen and oxygen atoms in total. The first kappa shape index (κ1) is 14.0. The highest BCUT2D eigenvalue weighted by Crippen LogP contribution is 2.20. The van der Waals surface area contributed by atoms with Crippen LogP contribution >= 0.6 is 11.6 Å². The van der Waals surface area contributed by atoms with Gasteiger partial charge >= 0.3 is 5.97 Å². The molecule has 0 aliphatic carbocycles. The molecule has 0 fully saturated rings. The van der Waals surface area contributed by atoms with Crippen LogP contribution in [-0.4, -0.2) is 23.0 Å². The number of anilines is 1. The molecule has 1 aromatic carbocycles. The van der Waals surface area contributed by atoms with Gasteiger partial charge in [0.2, 0.25) is 5.91 Å². The second kappa shape index (κ2) is 6.05. The molecule has 1 atom stereocenters. The van der Waals surface area contributed by atoms with Crippen LogP contribution in [0.4, 0.5) is 5.69 Å². The third kappa shape index (κ3) is 3.48. The molecular formula is C12H11ClN2O3. The van der Waals surface area contributed by atoms with Gasteiger partial charge in [0, 0.05) is 12.1 Å². The van der Waals surface area contributed by atoms with Gasteiger partial charge < -0.3 is 16.2 Å². The van der Waals surface area contributed by atoms with E-state index in [0.717, 1.165) is 0 Å². The third-order valence-corrected chi connectivity index (χ3v) is 2.47. The monoisotopic (exact) mass is 266 g/mol. The average Bonchev–Trinajstić information content (AvgIpc) is 2.31. The van der Waals surface area contributed by atoms with Crippen LogP contribution in [0.1, 0.15) is 16.8 Å². The first-order valence-electron chi connectivity index (χ1n) is 4.98. The Kier molecular flexibility index (Phi) is 4.72. The fraction of sp³-hybridized carbons (Fsp3) is 0.167. The van der Waals surface area contributed by atoms with Crippen molar-refractivity contribution in [1.82, 2.24) is 0 Å². The summed E-state index contributed by atoms with van der Waals surface area (Å²) in [5.41, 5.74) is 5.71. The lowest BCUT2D eigenvalue weighted by atomic mass is 10.1. The molecule has 0 heterocycles. The van der Waals surface area contributed by atoms with E-state index in [1.54, 1.807) is 0 Å². The topological polar surface area (TPSA) is 92.4 Å². The summed E-state index contributed by atoms with van der Waals surface area (Å²) < 4.78 is 0. The molecule has 1 aromatic rings. The Morgan fingerprint density at radius 3 is 2.78 bits per heavy atom. The molecule has 6 heteroatoms. The van der Waals surface area contributed by atoms with Crippen molar-refractivity contribution >= 4 is 29.2 Å². The molecule has 18 heavy (non-hydrogen) atoms. The smallest absolute Gasteiger partial charge is 0.337 e. The minimum Gasteiger partial charge on any atom is -0.478 e. The van der Waals surface area contributed by atoms with E-state index in [0.29, 0.717) is 5.69 Å². The van der Waals surface area contributed by atoms with Crippen molar-refractivity contribution < 1.29 is 14.7 Å². The number of terminal acetylenes is 1. The summed E-state index contributed by atoms with van der Waals surface area (Å²) in [5, 5.41) is 11.4. The number of carboxylic acids is 1. The van der Waals surface area contributed by atoms with Crippen LogP contribution in [0.3, 0.4) is 0 Å². The number of halogens is 1. The molecule has 0 aliphatic heterocycles. The lowest BCUT2D eigenvalue weighted by molar-refractivity contribution is -0.117. The van der Waals surface area contributed by atoms with Gasteiger partial charge in [-0.1, -0.05) is 11.6 Å². The van der Waals surface area contributed by atoms with Crippen LogP contribution in [0, 0.1) is 12.3 Å². The highest BCUT2D eigenvalue weighted by molar-refractivity contribution is 6.33. The number of amides is 1. The number of nitrogens with one attached hydrogen (secondary N) is 1. The minimum absolute atomic E-state index is 0.0911. The Hall–Kier alpha value is -2.03. The summed E-state index contributed by atoms with van der Waals surface area (Å²) in [6.45, 7) is 0. The third-order valence-electron chi connectivity index (χ3n) is 2.14. The predicted molar refractivity (Wildman–Crippen MR) is 68.5 cm³/mol. The van der Waals surface area contributed by atoms with Crippen LogP contribution < -0.4 is 11.1 Å². The number of carboxylic acid groups (broad SMARTS) is 1. The molecule has 0 radical (unpaired) electrons. The summed E-state index contributed by atoms with van der Waals surface area (Å²) in [4.78, 5) is 22.4.